The summed E-state index contributed by atoms with van der Waals surface area (Å²) in [7, 11) is 0. The third kappa shape index (κ3) is 5.61. The molecule has 10 heteroatoms. The lowest BCUT2D eigenvalue weighted by Gasteiger charge is -2.26. The lowest BCUT2D eigenvalue weighted by atomic mass is 9.87. The number of rotatable bonds is 10. The van der Waals surface area contributed by atoms with E-state index >= 15 is 0 Å². The van der Waals surface area contributed by atoms with E-state index in [4.69, 9.17) is 37.8 Å². The summed E-state index contributed by atoms with van der Waals surface area (Å²) in [5, 5.41) is 21.3. The number of carboxylic acids is 1. The summed E-state index contributed by atoms with van der Waals surface area (Å²) in [4.78, 5) is 12.7. The van der Waals surface area contributed by atoms with E-state index < -0.39 is 5.97 Å². The molecule has 2 atom stereocenters. The van der Waals surface area contributed by atoms with E-state index in [0.29, 0.717) is 55.6 Å². The van der Waals surface area contributed by atoms with Crippen molar-refractivity contribution in [2.75, 3.05) is 19.8 Å². The topological polar surface area (TPSA) is 90.5 Å². The fourth-order valence-corrected chi connectivity index (χ4v) is 7.19. The molecule has 228 valence electrons. The molecule has 1 fully saturated rings. The maximum Gasteiger partial charge on any atom is 0.352 e. The summed E-state index contributed by atoms with van der Waals surface area (Å²) in [6.07, 6.45) is 5.30. The van der Waals surface area contributed by atoms with Gasteiger partial charge >= 0.3 is 5.97 Å². The molecule has 0 saturated carbocycles. The third-order valence-corrected chi connectivity index (χ3v) is 9.63. The van der Waals surface area contributed by atoms with Gasteiger partial charge in [-0.25, -0.2) is 9.48 Å². The van der Waals surface area contributed by atoms with Crippen molar-refractivity contribution in [3.63, 3.8) is 0 Å². The molecule has 0 spiro atoms. The standard InChI is InChI=1S/C33H38Cl2N4O4/c1-4-42-28-18-25(24-8-5-6-13-36-24)37-39(28)27-11-9-22-29-26(12-10-23(34)30(27)29)38(32(22)33(40)41)14-7-15-43-21-16-19(2)31(35)20(3)17-21/h10,12,16-18,24,27,36H,4-9,11,13-15H2,1-3H3,(H,40,41). The highest BCUT2D eigenvalue weighted by molar-refractivity contribution is 6.32. The number of nitrogens with zero attached hydrogens (tertiary/aromatic N) is 3. The maximum absolute atomic E-state index is 12.7. The molecule has 2 aromatic heterocycles. The zero-order valence-electron chi connectivity index (χ0n) is 24.9. The number of hydrogen-bond donors (Lipinski definition) is 2. The van der Waals surface area contributed by atoms with Gasteiger partial charge in [-0.05, 0) is 100 Å². The summed E-state index contributed by atoms with van der Waals surface area (Å²) < 4.78 is 16.0. The zero-order valence-corrected chi connectivity index (χ0v) is 26.4. The van der Waals surface area contributed by atoms with Crippen molar-refractivity contribution in [1.82, 2.24) is 19.7 Å². The van der Waals surface area contributed by atoms with Crippen molar-refractivity contribution in [3.8, 4) is 11.6 Å². The van der Waals surface area contributed by atoms with Crippen LogP contribution in [-0.2, 0) is 13.0 Å². The average molecular weight is 626 g/mol. The lowest BCUT2D eigenvalue weighted by Crippen LogP contribution is -2.27. The van der Waals surface area contributed by atoms with Gasteiger partial charge in [-0.1, -0.05) is 29.6 Å². The van der Waals surface area contributed by atoms with Crippen LogP contribution in [0.25, 0.3) is 10.9 Å². The number of benzene rings is 2. The fraction of sp³-hybridized carbons (Fsp3) is 0.455. The summed E-state index contributed by atoms with van der Waals surface area (Å²) in [6.45, 7) is 8.34. The molecule has 2 unspecified atom stereocenters. The van der Waals surface area contributed by atoms with Crippen molar-refractivity contribution in [3.05, 3.63) is 74.0 Å². The number of aryl methyl sites for hydroxylation is 4. The van der Waals surface area contributed by atoms with Crippen molar-refractivity contribution < 1.29 is 19.4 Å². The Morgan fingerprint density at radius 2 is 1.91 bits per heavy atom. The second-order valence-electron chi connectivity index (χ2n) is 11.6. The predicted molar refractivity (Wildman–Crippen MR) is 169 cm³/mol. The minimum atomic E-state index is -0.934. The molecule has 3 heterocycles. The van der Waals surface area contributed by atoms with Crippen LogP contribution in [0.2, 0.25) is 10.0 Å². The number of hydrogen-bond acceptors (Lipinski definition) is 5. The second kappa shape index (κ2) is 12.4. The van der Waals surface area contributed by atoms with Crippen LogP contribution in [0.1, 0.15) is 89.5 Å². The van der Waals surface area contributed by atoms with Crippen LogP contribution in [0.3, 0.4) is 0 Å². The maximum atomic E-state index is 12.7. The monoisotopic (exact) mass is 624 g/mol. The minimum absolute atomic E-state index is 0.167. The molecule has 1 saturated heterocycles. The number of nitrogens with one attached hydrogen (secondary N) is 1. The molecule has 43 heavy (non-hydrogen) atoms. The first kappa shape index (κ1) is 29.9. The van der Waals surface area contributed by atoms with Crippen molar-refractivity contribution >= 4 is 40.1 Å². The molecule has 0 radical (unpaired) electrons. The highest BCUT2D eigenvalue weighted by Gasteiger charge is 2.35. The van der Waals surface area contributed by atoms with Crippen LogP contribution in [0.15, 0.2) is 30.3 Å². The zero-order chi connectivity index (χ0) is 30.2. The Bertz CT molecular complexity index is 1650. The molecule has 2 N–H and O–H groups in total. The van der Waals surface area contributed by atoms with Gasteiger partial charge in [0.2, 0.25) is 5.88 Å². The molecule has 1 aliphatic heterocycles. The summed E-state index contributed by atoms with van der Waals surface area (Å²) in [5.41, 5.74) is 5.86. The molecule has 1 aliphatic carbocycles. The van der Waals surface area contributed by atoms with Gasteiger partial charge in [0.15, 0.2) is 0 Å². The molecule has 2 aromatic carbocycles. The number of piperidine rings is 1. The Morgan fingerprint density at radius 3 is 2.60 bits per heavy atom. The molecule has 4 aromatic rings. The molecule has 8 nitrogen and oxygen atoms in total. The first-order valence-electron chi connectivity index (χ1n) is 15.2. The minimum Gasteiger partial charge on any atom is -0.494 e. The number of aromatic nitrogens is 3. The largest absolute Gasteiger partial charge is 0.494 e. The number of halogens is 2. The first-order chi connectivity index (χ1) is 20.8. The van der Waals surface area contributed by atoms with Gasteiger partial charge in [-0.15, -0.1) is 0 Å². The van der Waals surface area contributed by atoms with Gasteiger partial charge in [0.25, 0.3) is 0 Å². The van der Waals surface area contributed by atoms with Gasteiger partial charge < -0.3 is 24.5 Å². The number of carboxylic acid groups (broad SMARTS) is 1. The van der Waals surface area contributed by atoms with Gasteiger partial charge in [0, 0.05) is 39.1 Å². The number of ether oxygens (including phenoxy) is 2. The average Bonchev–Trinajstić information content (AvgIpc) is 3.56. The quantitative estimate of drug-likeness (QED) is 0.176. The van der Waals surface area contributed by atoms with Gasteiger partial charge in [-0.3, -0.25) is 0 Å². The van der Waals surface area contributed by atoms with Crippen molar-refractivity contribution in [2.45, 2.75) is 77.9 Å². The summed E-state index contributed by atoms with van der Waals surface area (Å²) in [5.74, 6) is 0.545. The Kier molecular flexibility index (Phi) is 8.63. The molecular weight excluding hydrogens is 587 g/mol. The molecule has 0 bridgehead atoms. The Hall–Kier alpha value is -3.20. The Balaban J connectivity index is 1.34. The van der Waals surface area contributed by atoms with Crippen LogP contribution in [0.4, 0.5) is 0 Å². The third-order valence-electron chi connectivity index (χ3n) is 8.70. The molecule has 2 aliphatic rings. The molecule has 6 rings (SSSR count). The SMILES string of the molecule is CCOc1cc(C2CCCCN2)nn1C1CCc2c(C(=O)O)n(CCCOc3cc(C)c(Cl)c(C)c3)c3ccc(Cl)c1c23. The highest BCUT2D eigenvalue weighted by Crippen LogP contribution is 2.45. The van der Waals surface area contributed by atoms with Crippen LogP contribution in [0.5, 0.6) is 11.6 Å². The van der Waals surface area contributed by atoms with Crippen LogP contribution in [-0.4, -0.2) is 45.2 Å². The van der Waals surface area contributed by atoms with E-state index in [1.807, 2.05) is 60.4 Å². The van der Waals surface area contributed by atoms with Crippen molar-refractivity contribution in [2.24, 2.45) is 0 Å². The number of carbonyl (C=O) groups is 1. The Morgan fingerprint density at radius 1 is 1.12 bits per heavy atom. The van der Waals surface area contributed by atoms with Crippen LogP contribution in [0, 0.1) is 13.8 Å². The van der Waals surface area contributed by atoms with Gasteiger partial charge in [0.05, 0.1) is 31.0 Å². The van der Waals surface area contributed by atoms with E-state index in [1.54, 1.807) is 0 Å². The lowest BCUT2D eigenvalue weighted by molar-refractivity contribution is 0.0683. The first-order valence-corrected chi connectivity index (χ1v) is 16.0. The van der Waals surface area contributed by atoms with Gasteiger partial charge in [0.1, 0.15) is 11.4 Å². The van der Waals surface area contributed by atoms with E-state index in [0.717, 1.165) is 62.6 Å². The van der Waals surface area contributed by atoms with Crippen LogP contribution < -0.4 is 14.8 Å². The van der Waals surface area contributed by atoms with E-state index in [1.165, 1.54) is 12.8 Å². The highest BCUT2D eigenvalue weighted by atomic mass is 35.5. The normalized spacial score (nSPS) is 18.3. The second-order valence-corrected chi connectivity index (χ2v) is 12.3. The van der Waals surface area contributed by atoms with E-state index in [9.17, 15) is 9.90 Å². The van der Waals surface area contributed by atoms with E-state index in [-0.39, 0.29) is 12.1 Å². The number of aromatic carboxylic acids is 1. The predicted octanol–water partition coefficient (Wildman–Crippen LogP) is 7.68. The fourth-order valence-electron chi connectivity index (χ4n) is 6.79. The van der Waals surface area contributed by atoms with Crippen molar-refractivity contribution in [1.29, 1.82) is 0 Å². The molecule has 0 amide bonds. The van der Waals surface area contributed by atoms with Crippen LogP contribution >= 0.6 is 23.2 Å². The summed E-state index contributed by atoms with van der Waals surface area (Å²) >= 11 is 13.2. The summed E-state index contributed by atoms with van der Waals surface area (Å²) in [6, 6.07) is 9.76. The smallest absolute Gasteiger partial charge is 0.352 e. The van der Waals surface area contributed by atoms with E-state index in [2.05, 4.69) is 5.32 Å². The Labute approximate surface area is 261 Å². The molecular formula is C33H38Cl2N4O4. The van der Waals surface area contributed by atoms with Gasteiger partial charge in [-0.2, -0.15) is 5.10 Å².